The third kappa shape index (κ3) is 3.16. The fraction of sp³-hybridized carbons (Fsp3) is 0.889. The number of carbonyl (C=O) groups is 1. The largest absolute Gasteiger partial charge is 0.465 e. The highest BCUT2D eigenvalue weighted by Crippen LogP contribution is 2.09. The number of hydrogen-bond acceptors (Lipinski definition) is 3. The van der Waals surface area contributed by atoms with Crippen LogP contribution in [0.4, 0.5) is 4.79 Å². The summed E-state index contributed by atoms with van der Waals surface area (Å²) >= 11 is 0. The molecule has 0 radical (unpaired) electrons. The molecular weight excluding hydrogens is 184 g/mol. The Kier molecular flexibility index (Phi) is 4.16. The molecule has 0 aliphatic carbocycles. The molecule has 0 spiro atoms. The minimum Gasteiger partial charge on any atom is -0.465 e. The molecule has 1 aliphatic heterocycles. The Morgan fingerprint density at radius 2 is 2.50 bits per heavy atom. The lowest BCUT2D eigenvalue weighted by Gasteiger charge is -2.18. The maximum atomic E-state index is 10.6. The van der Waals surface area contributed by atoms with Crippen LogP contribution in [0.25, 0.3) is 0 Å². The van der Waals surface area contributed by atoms with E-state index in [-0.39, 0.29) is 12.1 Å². The van der Waals surface area contributed by atoms with Gasteiger partial charge in [0.2, 0.25) is 0 Å². The van der Waals surface area contributed by atoms with Gasteiger partial charge >= 0.3 is 6.09 Å². The van der Waals surface area contributed by atoms with Crippen LogP contribution in [0.2, 0.25) is 0 Å². The van der Waals surface area contributed by atoms with E-state index in [1.165, 1.54) is 4.90 Å². The summed E-state index contributed by atoms with van der Waals surface area (Å²) in [6.45, 7) is 3.91. The Morgan fingerprint density at radius 3 is 3.00 bits per heavy atom. The van der Waals surface area contributed by atoms with E-state index >= 15 is 0 Å². The average Bonchev–Trinajstić information content (AvgIpc) is 2.53. The molecule has 82 valence electrons. The monoisotopic (exact) mass is 202 g/mol. The number of methoxy groups -OCH3 is 1. The molecule has 5 heteroatoms. The zero-order valence-corrected chi connectivity index (χ0v) is 8.69. The second-order valence-electron chi connectivity index (χ2n) is 3.74. The first kappa shape index (κ1) is 11.3. The van der Waals surface area contributed by atoms with E-state index in [4.69, 9.17) is 9.84 Å². The van der Waals surface area contributed by atoms with Crippen LogP contribution in [0.15, 0.2) is 0 Å². The predicted molar refractivity (Wildman–Crippen MR) is 52.5 cm³/mol. The molecule has 2 atom stereocenters. The van der Waals surface area contributed by atoms with Crippen molar-refractivity contribution in [2.45, 2.75) is 25.4 Å². The molecule has 0 aromatic heterocycles. The quantitative estimate of drug-likeness (QED) is 0.691. The highest BCUT2D eigenvalue weighted by Gasteiger charge is 2.26. The molecule has 1 fully saturated rings. The van der Waals surface area contributed by atoms with Gasteiger partial charge in [-0.05, 0) is 13.3 Å². The van der Waals surface area contributed by atoms with Crippen molar-refractivity contribution in [3.8, 4) is 0 Å². The maximum absolute atomic E-state index is 10.6. The summed E-state index contributed by atoms with van der Waals surface area (Å²) in [6, 6.07) is 0.551. The molecule has 1 heterocycles. The summed E-state index contributed by atoms with van der Waals surface area (Å²) in [5, 5.41) is 12.1. The number of carboxylic acid groups (broad SMARTS) is 1. The van der Waals surface area contributed by atoms with Gasteiger partial charge in [0.15, 0.2) is 0 Å². The number of nitrogens with zero attached hydrogens (tertiary/aromatic N) is 1. The molecule has 5 nitrogen and oxygen atoms in total. The lowest BCUT2D eigenvalue weighted by molar-refractivity contribution is 0.151. The second kappa shape index (κ2) is 5.17. The van der Waals surface area contributed by atoms with Crippen LogP contribution in [0.5, 0.6) is 0 Å². The van der Waals surface area contributed by atoms with Crippen LogP contribution in [0, 0.1) is 0 Å². The Labute approximate surface area is 84.0 Å². The smallest absolute Gasteiger partial charge is 0.407 e. The van der Waals surface area contributed by atoms with Crippen molar-refractivity contribution in [1.82, 2.24) is 10.2 Å². The van der Waals surface area contributed by atoms with Gasteiger partial charge in [-0.3, -0.25) is 0 Å². The van der Waals surface area contributed by atoms with E-state index in [1.807, 2.05) is 6.92 Å². The van der Waals surface area contributed by atoms with E-state index in [0.717, 1.165) is 6.42 Å². The van der Waals surface area contributed by atoms with Gasteiger partial charge in [0.05, 0.1) is 6.61 Å². The number of ether oxygens (including phenoxy) is 1. The van der Waals surface area contributed by atoms with Crippen molar-refractivity contribution in [2.75, 3.05) is 26.8 Å². The van der Waals surface area contributed by atoms with Crippen molar-refractivity contribution in [2.24, 2.45) is 0 Å². The molecular formula is C9H18N2O3. The first-order valence-corrected chi connectivity index (χ1v) is 4.86. The zero-order chi connectivity index (χ0) is 10.6. The topological polar surface area (TPSA) is 61.8 Å². The molecule has 1 unspecified atom stereocenters. The molecule has 1 aliphatic rings. The summed E-state index contributed by atoms with van der Waals surface area (Å²) in [5.41, 5.74) is 0. The fourth-order valence-corrected chi connectivity index (χ4v) is 1.77. The third-order valence-electron chi connectivity index (χ3n) is 2.40. The van der Waals surface area contributed by atoms with E-state index < -0.39 is 6.09 Å². The van der Waals surface area contributed by atoms with Crippen LogP contribution in [-0.2, 0) is 4.74 Å². The summed E-state index contributed by atoms with van der Waals surface area (Å²) < 4.78 is 5.00. The maximum Gasteiger partial charge on any atom is 0.407 e. The van der Waals surface area contributed by atoms with Crippen molar-refractivity contribution < 1.29 is 14.6 Å². The van der Waals surface area contributed by atoms with Gasteiger partial charge in [0, 0.05) is 32.3 Å². The van der Waals surface area contributed by atoms with Crippen LogP contribution >= 0.6 is 0 Å². The molecule has 0 aromatic rings. The minimum atomic E-state index is -0.825. The molecule has 14 heavy (non-hydrogen) atoms. The number of hydrogen-bond donors (Lipinski definition) is 2. The Hall–Kier alpha value is -0.810. The molecule has 1 rings (SSSR count). The highest BCUT2D eigenvalue weighted by molar-refractivity contribution is 5.65. The van der Waals surface area contributed by atoms with Gasteiger partial charge < -0.3 is 20.1 Å². The van der Waals surface area contributed by atoms with E-state index in [2.05, 4.69) is 5.32 Å². The summed E-state index contributed by atoms with van der Waals surface area (Å²) in [4.78, 5) is 12.1. The van der Waals surface area contributed by atoms with Crippen LogP contribution in [-0.4, -0.2) is 55.0 Å². The van der Waals surface area contributed by atoms with E-state index in [9.17, 15) is 4.79 Å². The SMILES string of the molecule is COCC(C)N[C@H]1CCN(C(=O)O)C1. The van der Waals surface area contributed by atoms with Crippen molar-refractivity contribution in [3.63, 3.8) is 0 Å². The summed E-state index contributed by atoms with van der Waals surface area (Å²) in [6.07, 6.45) is 0.0640. The number of amides is 1. The second-order valence-corrected chi connectivity index (χ2v) is 3.74. The van der Waals surface area contributed by atoms with Gasteiger partial charge in [-0.1, -0.05) is 0 Å². The molecule has 0 bridgehead atoms. The lowest BCUT2D eigenvalue weighted by atomic mass is 10.2. The van der Waals surface area contributed by atoms with Gasteiger partial charge in [-0.25, -0.2) is 4.79 Å². The van der Waals surface area contributed by atoms with Gasteiger partial charge in [-0.15, -0.1) is 0 Å². The highest BCUT2D eigenvalue weighted by atomic mass is 16.5. The van der Waals surface area contributed by atoms with Crippen molar-refractivity contribution >= 4 is 6.09 Å². The predicted octanol–water partition coefficient (Wildman–Crippen LogP) is 0.363. The van der Waals surface area contributed by atoms with Gasteiger partial charge in [0.1, 0.15) is 0 Å². The lowest BCUT2D eigenvalue weighted by Crippen LogP contribution is -2.41. The molecule has 0 aromatic carbocycles. The molecule has 1 amide bonds. The molecule has 1 saturated heterocycles. The number of rotatable bonds is 4. The number of likely N-dealkylation sites (tertiary alicyclic amines) is 1. The number of nitrogens with one attached hydrogen (secondary N) is 1. The third-order valence-corrected chi connectivity index (χ3v) is 2.40. The van der Waals surface area contributed by atoms with Gasteiger partial charge in [-0.2, -0.15) is 0 Å². The molecule has 2 N–H and O–H groups in total. The first-order valence-electron chi connectivity index (χ1n) is 4.86. The zero-order valence-electron chi connectivity index (χ0n) is 8.69. The van der Waals surface area contributed by atoms with Crippen molar-refractivity contribution in [3.05, 3.63) is 0 Å². The average molecular weight is 202 g/mol. The Bertz CT molecular complexity index is 198. The molecule has 0 saturated carbocycles. The van der Waals surface area contributed by atoms with Gasteiger partial charge in [0.25, 0.3) is 0 Å². The fourth-order valence-electron chi connectivity index (χ4n) is 1.77. The van der Waals surface area contributed by atoms with Crippen LogP contribution < -0.4 is 5.32 Å². The standard InChI is InChI=1S/C9H18N2O3/c1-7(6-14-2)10-8-3-4-11(5-8)9(12)13/h7-8,10H,3-6H2,1-2H3,(H,12,13)/t7?,8-/m0/s1. The summed E-state index contributed by atoms with van der Waals surface area (Å²) in [5.74, 6) is 0. The van der Waals surface area contributed by atoms with Crippen LogP contribution in [0.3, 0.4) is 0 Å². The van der Waals surface area contributed by atoms with Crippen LogP contribution in [0.1, 0.15) is 13.3 Å². The van der Waals surface area contributed by atoms with E-state index in [0.29, 0.717) is 19.7 Å². The van der Waals surface area contributed by atoms with Crippen molar-refractivity contribution in [1.29, 1.82) is 0 Å². The Morgan fingerprint density at radius 1 is 1.79 bits per heavy atom. The minimum absolute atomic E-state index is 0.274. The normalized spacial score (nSPS) is 23.9. The van der Waals surface area contributed by atoms with E-state index in [1.54, 1.807) is 7.11 Å². The first-order chi connectivity index (χ1) is 6.63. The Balaban J connectivity index is 2.25. The summed E-state index contributed by atoms with van der Waals surface area (Å²) in [7, 11) is 1.66.